The predicted molar refractivity (Wildman–Crippen MR) is 147 cm³/mol. The van der Waals surface area contributed by atoms with E-state index in [9.17, 15) is 18.3 Å². The fourth-order valence-corrected chi connectivity index (χ4v) is 5.55. The van der Waals surface area contributed by atoms with Gasteiger partial charge in [0.15, 0.2) is 5.69 Å². The molecule has 0 aliphatic carbocycles. The van der Waals surface area contributed by atoms with Gasteiger partial charge in [0.1, 0.15) is 0 Å². The van der Waals surface area contributed by atoms with E-state index in [-0.39, 0.29) is 47.8 Å². The first-order valence-corrected chi connectivity index (χ1v) is 13.6. The van der Waals surface area contributed by atoms with Gasteiger partial charge in [-0.2, -0.15) is 4.31 Å². The molecule has 0 radical (unpaired) electrons. The number of fused-ring (bicyclic) bond motifs is 1. The third kappa shape index (κ3) is 5.75. The molecule has 0 bridgehead atoms. The minimum Gasteiger partial charge on any atom is -0.493 e. The van der Waals surface area contributed by atoms with Gasteiger partial charge in [0.25, 0.3) is 0 Å². The number of carbonyl (C=O) groups excluding carboxylic acids is 1. The molecule has 38 heavy (non-hydrogen) atoms. The number of morpholine rings is 1. The quantitative estimate of drug-likeness (QED) is 0.182. The molecule has 3 aromatic rings. The number of hydrogen-bond donors (Lipinski definition) is 2. The van der Waals surface area contributed by atoms with Crippen molar-refractivity contribution in [2.45, 2.75) is 18.4 Å². The van der Waals surface area contributed by atoms with Crippen molar-refractivity contribution in [1.29, 1.82) is 0 Å². The molecule has 0 unspecified atom stereocenters. The van der Waals surface area contributed by atoms with Crippen LogP contribution in [-0.2, 0) is 26.0 Å². The average molecular weight is 558 g/mol. The monoisotopic (exact) mass is 557 g/mol. The summed E-state index contributed by atoms with van der Waals surface area (Å²) in [6.07, 6.45) is 1.60. The van der Waals surface area contributed by atoms with Gasteiger partial charge in [0.2, 0.25) is 21.0 Å². The van der Waals surface area contributed by atoms with Gasteiger partial charge in [-0.05, 0) is 61.6 Å². The highest BCUT2D eigenvalue weighted by molar-refractivity contribution is 7.89. The van der Waals surface area contributed by atoms with E-state index in [1.54, 1.807) is 47.9 Å². The summed E-state index contributed by atoms with van der Waals surface area (Å²) in [7, 11) is -3.77. The summed E-state index contributed by atoms with van der Waals surface area (Å²) < 4.78 is 39.6. The summed E-state index contributed by atoms with van der Waals surface area (Å²) in [4.78, 5) is 11.9. The number of carbonyl (C=O) groups is 1. The van der Waals surface area contributed by atoms with Gasteiger partial charge in [0.05, 0.1) is 35.8 Å². The van der Waals surface area contributed by atoms with Gasteiger partial charge in [-0.1, -0.05) is 6.08 Å². The van der Waals surface area contributed by atoms with Crippen LogP contribution in [0, 0.1) is 0 Å². The standard InChI is InChI=1S/C25H27N5O6S2/c1-3-11-30-21-10-9-19(38(33,34)29-12-14-35-15-13-29)16-20(21)22(23(30)31)27-28-25(37)26-18-7-5-17(6-8-18)24(32)36-4-2/h3,5-10,16,31H,1,4,11-15H2,2H3,(H,26,37). The number of nitrogens with zero attached hydrogens (tertiary/aromatic N) is 4. The summed E-state index contributed by atoms with van der Waals surface area (Å²) >= 11 is 5.27. The van der Waals surface area contributed by atoms with Crippen LogP contribution in [0.3, 0.4) is 0 Å². The van der Waals surface area contributed by atoms with Crippen molar-refractivity contribution in [3.63, 3.8) is 0 Å². The SMILES string of the molecule is C=CCn1c(O)c(N=NC(=S)Nc2ccc(C(=O)OCC)cc2)c2cc(S(=O)(=O)N3CCOCC3)ccc21. The van der Waals surface area contributed by atoms with Gasteiger partial charge >= 0.3 is 5.97 Å². The highest BCUT2D eigenvalue weighted by atomic mass is 32.2. The summed E-state index contributed by atoms with van der Waals surface area (Å²) in [6.45, 7) is 7.17. The Morgan fingerprint density at radius 3 is 2.61 bits per heavy atom. The zero-order valence-electron chi connectivity index (χ0n) is 20.7. The second-order valence-electron chi connectivity index (χ2n) is 8.19. The molecule has 0 amide bonds. The number of rotatable bonds is 8. The van der Waals surface area contributed by atoms with E-state index in [4.69, 9.17) is 21.7 Å². The number of aromatic nitrogens is 1. The molecular formula is C25H27N5O6S2. The van der Waals surface area contributed by atoms with Crippen molar-refractivity contribution in [2.24, 2.45) is 10.2 Å². The van der Waals surface area contributed by atoms with Gasteiger partial charge < -0.3 is 24.5 Å². The first-order chi connectivity index (χ1) is 18.3. The molecule has 2 aromatic carbocycles. The number of allylic oxidation sites excluding steroid dienone is 1. The summed E-state index contributed by atoms with van der Waals surface area (Å²) in [5.41, 5.74) is 1.60. The Labute approximate surface area is 225 Å². The summed E-state index contributed by atoms with van der Waals surface area (Å²) in [6, 6.07) is 11.1. The Morgan fingerprint density at radius 1 is 1.24 bits per heavy atom. The van der Waals surface area contributed by atoms with E-state index >= 15 is 0 Å². The number of anilines is 1. The Balaban J connectivity index is 1.62. The molecule has 1 aromatic heterocycles. The lowest BCUT2D eigenvalue weighted by molar-refractivity contribution is 0.0526. The van der Waals surface area contributed by atoms with Crippen LogP contribution in [0.15, 0.2) is 70.2 Å². The van der Waals surface area contributed by atoms with Gasteiger partial charge in [0, 0.05) is 30.7 Å². The molecule has 0 saturated carbocycles. The smallest absolute Gasteiger partial charge is 0.338 e. The number of ether oxygens (including phenoxy) is 2. The molecule has 4 rings (SSSR count). The lowest BCUT2D eigenvalue weighted by Gasteiger charge is -2.26. The van der Waals surface area contributed by atoms with Crippen LogP contribution in [0.4, 0.5) is 11.4 Å². The van der Waals surface area contributed by atoms with Crippen molar-refractivity contribution < 1.29 is 27.8 Å². The highest BCUT2D eigenvalue weighted by Crippen LogP contribution is 2.40. The maximum absolute atomic E-state index is 13.2. The maximum Gasteiger partial charge on any atom is 0.338 e. The van der Waals surface area contributed by atoms with E-state index in [0.717, 1.165) is 0 Å². The molecule has 1 aliphatic heterocycles. The topological polar surface area (TPSA) is 135 Å². The number of azo groups is 1. The Hall–Kier alpha value is -3.65. The largest absolute Gasteiger partial charge is 0.493 e. The fraction of sp³-hybridized carbons (Fsp3) is 0.280. The third-order valence-corrected chi connectivity index (χ3v) is 7.87. The molecule has 13 heteroatoms. The van der Waals surface area contributed by atoms with E-state index in [1.165, 1.54) is 16.4 Å². The van der Waals surface area contributed by atoms with E-state index in [1.807, 2.05) is 0 Å². The highest BCUT2D eigenvalue weighted by Gasteiger charge is 2.28. The number of nitrogens with one attached hydrogen (secondary N) is 1. The van der Waals surface area contributed by atoms with Crippen molar-refractivity contribution in [3.8, 4) is 5.88 Å². The van der Waals surface area contributed by atoms with Crippen LogP contribution in [-0.4, -0.2) is 66.4 Å². The number of benzene rings is 2. The second kappa shape index (κ2) is 11.8. The predicted octanol–water partition coefficient (Wildman–Crippen LogP) is 4.21. The van der Waals surface area contributed by atoms with Gasteiger partial charge in [-0.25, -0.2) is 13.2 Å². The molecule has 1 aliphatic rings. The Kier molecular flexibility index (Phi) is 8.52. The van der Waals surface area contributed by atoms with Crippen molar-refractivity contribution in [2.75, 3.05) is 38.2 Å². The van der Waals surface area contributed by atoms with E-state index < -0.39 is 16.0 Å². The van der Waals surface area contributed by atoms with Crippen molar-refractivity contribution >= 4 is 55.6 Å². The second-order valence-corrected chi connectivity index (χ2v) is 10.5. The molecule has 11 nitrogen and oxygen atoms in total. The first-order valence-electron chi connectivity index (χ1n) is 11.8. The van der Waals surface area contributed by atoms with E-state index in [2.05, 4.69) is 22.1 Å². The van der Waals surface area contributed by atoms with Crippen LogP contribution in [0.5, 0.6) is 5.88 Å². The molecule has 1 saturated heterocycles. The number of sulfonamides is 1. The van der Waals surface area contributed by atoms with Crippen molar-refractivity contribution in [3.05, 3.63) is 60.7 Å². The number of hydrogen-bond acceptors (Lipinski definition) is 8. The van der Waals surface area contributed by atoms with Crippen LogP contribution in [0.25, 0.3) is 10.9 Å². The van der Waals surface area contributed by atoms with Crippen LogP contribution >= 0.6 is 12.2 Å². The normalized spacial score (nSPS) is 14.6. The number of aromatic hydroxyl groups is 1. The fourth-order valence-electron chi connectivity index (χ4n) is 3.96. The van der Waals surface area contributed by atoms with Gasteiger partial charge in [-0.15, -0.1) is 16.8 Å². The third-order valence-electron chi connectivity index (χ3n) is 5.79. The Morgan fingerprint density at radius 2 is 1.95 bits per heavy atom. The zero-order chi connectivity index (χ0) is 27.3. The summed E-state index contributed by atoms with van der Waals surface area (Å²) in [5, 5.41) is 22.3. The molecular weight excluding hydrogens is 530 g/mol. The van der Waals surface area contributed by atoms with Crippen LogP contribution in [0.1, 0.15) is 17.3 Å². The lowest BCUT2D eigenvalue weighted by Crippen LogP contribution is -2.40. The summed E-state index contributed by atoms with van der Waals surface area (Å²) in [5.74, 6) is -0.631. The Bertz CT molecular complexity index is 1490. The van der Waals surface area contributed by atoms with Gasteiger partial charge in [-0.3, -0.25) is 0 Å². The minimum absolute atomic E-state index is 0.00463. The lowest BCUT2D eigenvalue weighted by atomic mass is 10.2. The minimum atomic E-state index is -3.77. The average Bonchev–Trinajstić information content (AvgIpc) is 3.18. The molecule has 0 spiro atoms. The van der Waals surface area contributed by atoms with Crippen molar-refractivity contribution in [1.82, 2.24) is 8.87 Å². The number of esters is 1. The van der Waals surface area contributed by atoms with E-state index in [0.29, 0.717) is 35.4 Å². The van der Waals surface area contributed by atoms with Crippen LogP contribution < -0.4 is 5.32 Å². The zero-order valence-corrected chi connectivity index (χ0v) is 22.3. The first kappa shape index (κ1) is 27.4. The van der Waals surface area contributed by atoms with Crippen LogP contribution in [0.2, 0.25) is 0 Å². The maximum atomic E-state index is 13.2. The molecule has 0 atom stereocenters. The number of thiocarbonyl (C=S) groups is 1. The molecule has 200 valence electrons. The molecule has 2 N–H and O–H groups in total. The molecule has 1 fully saturated rings. The molecule has 2 heterocycles.